The van der Waals surface area contributed by atoms with Crippen LogP contribution < -0.4 is 0 Å². The lowest BCUT2D eigenvalue weighted by Crippen LogP contribution is -2.06. The van der Waals surface area contributed by atoms with Crippen molar-refractivity contribution in [1.82, 2.24) is 4.57 Å². The molecule has 0 saturated heterocycles. The molecule has 3 aromatic carbocycles. The van der Waals surface area contributed by atoms with Gasteiger partial charge in [-0.2, -0.15) is 10.5 Å². The number of hydrogen-bond acceptors (Lipinski definition) is 4. The molecule has 1 aromatic heterocycles. The molecule has 0 spiro atoms. The van der Waals surface area contributed by atoms with Gasteiger partial charge in [-0.05, 0) is 36.8 Å². The maximum Gasteiger partial charge on any atom is 0.177 e. The summed E-state index contributed by atoms with van der Waals surface area (Å²) in [5.74, 6) is 0. The number of rotatable bonds is 2. The van der Waals surface area contributed by atoms with Crippen molar-refractivity contribution in [3.05, 3.63) is 89.8 Å². The topological polar surface area (TPSA) is 77.2 Å². The minimum Gasteiger partial charge on any atom is -0.309 e. The van der Waals surface area contributed by atoms with Crippen molar-refractivity contribution in [1.29, 1.82) is 10.5 Å². The lowest BCUT2D eigenvalue weighted by molar-refractivity contribution is 1.18. The lowest BCUT2D eigenvalue weighted by Gasteiger charge is -2.10. The molecular weight excluding hydrogens is 382 g/mol. The van der Waals surface area contributed by atoms with E-state index in [1.54, 1.807) is 0 Å². The highest BCUT2D eigenvalue weighted by Crippen LogP contribution is 2.31. The summed E-state index contributed by atoms with van der Waals surface area (Å²) < 4.78 is 2.25. The molecule has 0 fully saturated rings. The second-order valence-corrected chi connectivity index (χ2v) is 7.42. The van der Waals surface area contributed by atoms with Crippen LogP contribution in [0.25, 0.3) is 27.5 Å². The van der Waals surface area contributed by atoms with Gasteiger partial charge in [-0.25, -0.2) is 9.98 Å². The van der Waals surface area contributed by atoms with Gasteiger partial charge in [0.15, 0.2) is 11.4 Å². The number of fused-ring (bicyclic) bond motifs is 3. The SMILES string of the molecule is CC1=NC(C#N)=C(C#N)N=C(c2ccc(-n3c4ccccc4c4ccccc43)cc2)C1. The number of hydrogen-bond donors (Lipinski definition) is 0. The first-order valence-corrected chi connectivity index (χ1v) is 9.95. The van der Waals surface area contributed by atoms with Crippen LogP contribution in [0.3, 0.4) is 0 Å². The summed E-state index contributed by atoms with van der Waals surface area (Å²) in [4.78, 5) is 8.69. The molecule has 1 aliphatic heterocycles. The van der Waals surface area contributed by atoms with Crippen LogP contribution in [0.15, 0.2) is 94.2 Å². The van der Waals surface area contributed by atoms with E-state index < -0.39 is 0 Å². The van der Waals surface area contributed by atoms with Gasteiger partial charge in [-0.3, -0.25) is 0 Å². The van der Waals surface area contributed by atoms with Gasteiger partial charge in [-0.15, -0.1) is 0 Å². The Balaban J connectivity index is 1.63. The molecule has 146 valence electrons. The van der Waals surface area contributed by atoms with E-state index in [4.69, 9.17) is 0 Å². The fraction of sp³-hybridized carbons (Fsp3) is 0.0769. The zero-order valence-electron chi connectivity index (χ0n) is 16.9. The van der Waals surface area contributed by atoms with Gasteiger partial charge in [0.25, 0.3) is 0 Å². The van der Waals surface area contributed by atoms with Gasteiger partial charge in [0, 0.05) is 28.6 Å². The Kier molecular flexibility index (Phi) is 4.43. The van der Waals surface area contributed by atoms with Crippen LogP contribution in [0.4, 0.5) is 0 Å². The summed E-state index contributed by atoms with van der Waals surface area (Å²) in [6.07, 6.45) is 0.491. The van der Waals surface area contributed by atoms with E-state index in [9.17, 15) is 10.5 Å². The van der Waals surface area contributed by atoms with Crippen LogP contribution in [0.2, 0.25) is 0 Å². The highest BCUT2D eigenvalue weighted by molar-refractivity contribution is 6.13. The Bertz CT molecular complexity index is 1460. The summed E-state index contributed by atoms with van der Waals surface area (Å²) >= 11 is 0. The van der Waals surface area contributed by atoms with E-state index in [0.29, 0.717) is 6.42 Å². The van der Waals surface area contributed by atoms with E-state index in [0.717, 1.165) is 33.7 Å². The first-order chi connectivity index (χ1) is 15.2. The van der Waals surface area contributed by atoms with Crippen LogP contribution in [-0.4, -0.2) is 16.0 Å². The van der Waals surface area contributed by atoms with E-state index in [2.05, 4.69) is 75.2 Å². The van der Waals surface area contributed by atoms with Crippen LogP contribution in [0.1, 0.15) is 18.9 Å². The normalized spacial score (nSPS) is 14.0. The Morgan fingerprint density at radius 1 is 0.742 bits per heavy atom. The number of aliphatic imine (C=N–C) groups is 2. The van der Waals surface area contributed by atoms with Crippen molar-refractivity contribution in [2.45, 2.75) is 13.3 Å². The zero-order chi connectivity index (χ0) is 21.4. The number of allylic oxidation sites excluding steroid dienone is 2. The number of nitrogens with zero attached hydrogens (tertiary/aromatic N) is 5. The molecule has 2 heterocycles. The number of benzene rings is 3. The average molecular weight is 399 g/mol. The molecule has 0 amide bonds. The Hall–Kier alpha value is -4.48. The van der Waals surface area contributed by atoms with E-state index >= 15 is 0 Å². The van der Waals surface area contributed by atoms with Crippen molar-refractivity contribution in [3.8, 4) is 17.8 Å². The highest BCUT2D eigenvalue weighted by Gasteiger charge is 2.16. The molecule has 5 nitrogen and oxygen atoms in total. The second kappa shape index (κ2) is 7.40. The Labute approximate surface area is 179 Å². The second-order valence-electron chi connectivity index (χ2n) is 7.42. The molecule has 0 bridgehead atoms. The maximum atomic E-state index is 9.40. The van der Waals surface area contributed by atoms with Crippen molar-refractivity contribution >= 4 is 33.2 Å². The molecule has 5 heteroatoms. The van der Waals surface area contributed by atoms with Crippen molar-refractivity contribution in [3.63, 3.8) is 0 Å². The van der Waals surface area contributed by atoms with Crippen molar-refractivity contribution in [2.75, 3.05) is 0 Å². The Morgan fingerprint density at radius 3 is 1.87 bits per heavy atom. The summed E-state index contributed by atoms with van der Waals surface area (Å²) in [5.41, 5.74) is 5.88. The molecule has 5 rings (SSSR count). The minimum atomic E-state index is 0.0563. The molecular formula is C26H17N5. The maximum absolute atomic E-state index is 9.40. The van der Waals surface area contributed by atoms with Crippen LogP contribution >= 0.6 is 0 Å². The van der Waals surface area contributed by atoms with Crippen LogP contribution in [-0.2, 0) is 0 Å². The highest BCUT2D eigenvalue weighted by atomic mass is 15.0. The van der Waals surface area contributed by atoms with Crippen molar-refractivity contribution in [2.24, 2.45) is 9.98 Å². The first-order valence-electron chi connectivity index (χ1n) is 9.95. The predicted molar refractivity (Wildman–Crippen MR) is 123 cm³/mol. The fourth-order valence-electron chi connectivity index (χ4n) is 4.08. The van der Waals surface area contributed by atoms with Gasteiger partial charge < -0.3 is 4.57 Å². The van der Waals surface area contributed by atoms with Gasteiger partial charge in [0.1, 0.15) is 12.1 Å². The van der Waals surface area contributed by atoms with E-state index in [1.807, 2.05) is 31.2 Å². The Morgan fingerprint density at radius 2 is 1.29 bits per heavy atom. The quantitative estimate of drug-likeness (QED) is 0.434. The summed E-state index contributed by atoms with van der Waals surface area (Å²) in [6.45, 7) is 1.85. The summed E-state index contributed by atoms with van der Waals surface area (Å²) in [7, 11) is 0. The molecule has 31 heavy (non-hydrogen) atoms. The van der Waals surface area contributed by atoms with E-state index in [1.165, 1.54) is 10.8 Å². The van der Waals surface area contributed by atoms with Gasteiger partial charge in [0.05, 0.1) is 16.7 Å². The summed E-state index contributed by atoms with van der Waals surface area (Å²) in [6, 6.07) is 28.9. The standard InChI is InChI=1S/C26H17N5/c1-17-14-22(30-24(16-28)23(15-27)29-17)18-10-12-19(13-11-18)31-25-8-4-2-6-20(25)21-7-3-5-9-26(21)31/h2-13H,14H2,1H3. The van der Waals surface area contributed by atoms with Gasteiger partial charge >= 0.3 is 0 Å². The van der Waals surface area contributed by atoms with Gasteiger partial charge in [0.2, 0.25) is 0 Å². The van der Waals surface area contributed by atoms with E-state index in [-0.39, 0.29) is 11.4 Å². The summed E-state index contributed by atoms with van der Waals surface area (Å²) in [5, 5.41) is 21.1. The smallest absolute Gasteiger partial charge is 0.177 e. The molecule has 0 saturated carbocycles. The number of para-hydroxylation sites is 2. The van der Waals surface area contributed by atoms with Crippen molar-refractivity contribution < 1.29 is 0 Å². The monoisotopic (exact) mass is 399 g/mol. The third-order valence-electron chi connectivity index (χ3n) is 5.45. The zero-order valence-corrected chi connectivity index (χ0v) is 16.9. The first kappa shape index (κ1) is 18.5. The molecule has 0 aliphatic carbocycles. The molecule has 0 atom stereocenters. The fourth-order valence-corrected chi connectivity index (χ4v) is 4.08. The third kappa shape index (κ3) is 3.10. The molecule has 0 unspecified atom stereocenters. The largest absolute Gasteiger partial charge is 0.309 e. The molecule has 1 aliphatic rings. The average Bonchev–Trinajstić information content (AvgIpc) is 3.05. The van der Waals surface area contributed by atoms with Crippen LogP contribution in [0.5, 0.6) is 0 Å². The molecule has 0 N–H and O–H groups in total. The molecule has 0 radical (unpaired) electrons. The van der Waals surface area contributed by atoms with Gasteiger partial charge in [-0.1, -0.05) is 48.5 Å². The third-order valence-corrected chi connectivity index (χ3v) is 5.45. The number of aromatic nitrogens is 1. The minimum absolute atomic E-state index is 0.0563. The molecule has 4 aromatic rings. The number of nitriles is 2. The predicted octanol–water partition coefficient (Wildman–Crippen LogP) is 5.70. The lowest BCUT2D eigenvalue weighted by atomic mass is 10.0. The van der Waals surface area contributed by atoms with Crippen LogP contribution in [0, 0.1) is 22.7 Å².